The quantitative estimate of drug-likeness (QED) is 0.147. The second-order valence-electron chi connectivity index (χ2n) is 11.0. The van der Waals surface area contributed by atoms with Crippen LogP contribution in [-0.4, -0.2) is 39.9 Å². The SMILES string of the molecule is CCCC(CCC)c1cc(OC(C)C)c(Nc2nc(Nc3ccccc3S(=O)(=O)C(C)C)c3cn[nH]c3n2)cc1C. The summed E-state index contributed by atoms with van der Waals surface area (Å²) < 4.78 is 32.4. The standard InChI is InChI=1S/C31H42N6O3S/c1-8-12-22(13-9-2)23-17-27(40-19(3)4)26(16-21(23)7)34-31-35-29(24-18-32-37-30(24)36-31)33-25-14-10-11-15-28(25)41(38,39)20(5)6/h10-11,14-20,22H,8-9,12-13H2,1-7H3,(H3,32,33,34,35,36,37). The molecule has 3 N–H and O–H groups in total. The van der Waals surface area contributed by atoms with Crippen molar-refractivity contribution in [2.24, 2.45) is 0 Å². The first kappa shape index (κ1) is 30.3. The molecule has 0 aliphatic carbocycles. The van der Waals surface area contributed by atoms with Gasteiger partial charge in [0.25, 0.3) is 0 Å². The first-order chi connectivity index (χ1) is 19.5. The molecule has 0 amide bonds. The number of ether oxygens (including phenoxy) is 1. The summed E-state index contributed by atoms with van der Waals surface area (Å²) in [5.41, 5.74) is 4.21. The second-order valence-corrected chi connectivity index (χ2v) is 13.5. The third-order valence-corrected chi connectivity index (χ3v) is 9.28. The van der Waals surface area contributed by atoms with Gasteiger partial charge in [0.05, 0.1) is 39.2 Å². The van der Waals surface area contributed by atoms with E-state index in [1.165, 1.54) is 11.1 Å². The third-order valence-electron chi connectivity index (χ3n) is 7.07. The summed E-state index contributed by atoms with van der Waals surface area (Å²) in [5.74, 6) is 1.98. The van der Waals surface area contributed by atoms with Gasteiger partial charge in [-0.15, -0.1) is 0 Å². The molecule has 0 atom stereocenters. The minimum absolute atomic E-state index is 0.0189. The van der Waals surface area contributed by atoms with E-state index in [1.807, 2.05) is 13.8 Å². The van der Waals surface area contributed by atoms with E-state index in [4.69, 9.17) is 9.72 Å². The number of nitrogens with zero attached hydrogens (tertiary/aromatic N) is 3. The van der Waals surface area contributed by atoms with Gasteiger partial charge in [-0.25, -0.2) is 8.42 Å². The molecular formula is C31H42N6O3S. The molecule has 0 bridgehead atoms. The van der Waals surface area contributed by atoms with E-state index in [0.29, 0.717) is 34.4 Å². The Morgan fingerprint density at radius 1 is 0.951 bits per heavy atom. The molecule has 0 unspecified atom stereocenters. The average Bonchev–Trinajstić information content (AvgIpc) is 3.39. The molecule has 220 valence electrons. The zero-order chi connectivity index (χ0) is 29.7. The summed E-state index contributed by atoms with van der Waals surface area (Å²) in [6.07, 6.45) is 6.11. The van der Waals surface area contributed by atoms with E-state index >= 15 is 0 Å². The molecule has 0 spiro atoms. The number of H-pyrrole nitrogens is 1. The number of aromatic nitrogens is 4. The Kier molecular flexibility index (Phi) is 9.53. The van der Waals surface area contributed by atoms with Gasteiger partial charge in [0.1, 0.15) is 11.6 Å². The van der Waals surface area contributed by atoms with E-state index in [-0.39, 0.29) is 11.0 Å². The van der Waals surface area contributed by atoms with Crippen molar-refractivity contribution in [1.29, 1.82) is 0 Å². The van der Waals surface area contributed by atoms with Crippen molar-refractivity contribution in [2.45, 2.75) is 96.3 Å². The molecule has 2 aromatic heterocycles. The maximum absolute atomic E-state index is 13.1. The second kappa shape index (κ2) is 12.9. The first-order valence-corrected chi connectivity index (χ1v) is 16.0. The first-order valence-electron chi connectivity index (χ1n) is 14.4. The Balaban J connectivity index is 1.76. The molecule has 0 saturated carbocycles. The normalized spacial score (nSPS) is 12.0. The van der Waals surface area contributed by atoms with Crippen LogP contribution in [0, 0.1) is 6.92 Å². The fourth-order valence-corrected chi connectivity index (χ4v) is 6.25. The number of aryl methyl sites for hydroxylation is 1. The molecule has 10 heteroatoms. The fourth-order valence-electron chi connectivity index (χ4n) is 5.05. The summed E-state index contributed by atoms with van der Waals surface area (Å²) in [4.78, 5) is 9.61. The van der Waals surface area contributed by atoms with Crippen LogP contribution in [0.1, 0.15) is 84.3 Å². The highest BCUT2D eigenvalue weighted by atomic mass is 32.2. The summed E-state index contributed by atoms with van der Waals surface area (Å²) in [7, 11) is -3.53. The van der Waals surface area contributed by atoms with Gasteiger partial charge < -0.3 is 15.4 Å². The average molecular weight is 579 g/mol. The van der Waals surface area contributed by atoms with Crippen LogP contribution >= 0.6 is 0 Å². The Bertz CT molecular complexity index is 1590. The third kappa shape index (κ3) is 6.81. The van der Waals surface area contributed by atoms with Crippen LogP contribution in [0.25, 0.3) is 11.0 Å². The predicted octanol–water partition coefficient (Wildman–Crippen LogP) is 7.80. The van der Waals surface area contributed by atoms with E-state index in [2.05, 4.69) is 58.7 Å². The lowest BCUT2D eigenvalue weighted by atomic mass is 9.87. The molecule has 0 saturated heterocycles. The van der Waals surface area contributed by atoms with E-state index in [1.54, 1.807) is 44.3 Å². The highest BCUT2D eigenvalue weighted by molar-refractivity contribution is 7.92. The number of hydrogen-bond donors (Lipinski definition) is 3. The molecule has 0 aliphatic rings. The van der Waals surface area contributed by atoms with E-state index in [0.717, 1.165) is 37.1 Å². The Labute approximate surface area is 243 Å². The van der Waals surface area contributed by atoms with Crippen molar-refractivity contribution >= 4 is 44.0 Å². The van der Waals surface area contributed by atoms with Crippen LogP contribution in [0.5, 0.6) is 5.75 Å². The summed E-state index contributed by atoms with van der Waals surface area (Å²) in [5, 5.41) is 13.7. The van der Waals surface area contributed by atoms with Crippen LogP contribution in [0.15, 0.2) is 47.5 Å². The molecule has 0 radical (unpaired) electrons. The van der Waals surface area contributed by atoms with Crippen molar-refractivity contribution in [2.75, 3.05) is 10.6 Å². The van der Waals surface area contributed by atoms with E-state index < -0.39 is 15.1 Å². The van der Waals surface area contributed by atoms with Crippen LogP contribution in [0.4, 0.5) is 23.1 Å². The number of rotatable bonds is 13. The lowest BCUT2D eigenvalue weighted by Gasteiger charge is -2.23. The number of hydrogen-bond acceptors (Lipinski definition) is 8. The van der Waals surface area contributed by atoms with Crippen LogP contribution < -0.4 is 15.4 Å². The molecule has 4 aromatic rings. The number of fused-ring (bicyclic) bond motifs is 1. The summed E-state index contributed by atoms with van der Waals surface area (Å²) in [6, 6.07) is 11.1. The van der Waals surface area contributed by atoms with Crippen molar-refractivity contribution < 1.29 is 13.2 Å². The minimum atomic E-state index is -3.53. The van der Waals surface area contributed by atoms with Gasteiger partial charge in [-0.3, -0.25) is 5.10 Å². The number of sulfone groups is 1. The Hall–Kier alpha value is -3.66. The van der Waals surface area contributed by atoms with Crippen molar-refractivity contribution in [3.05, 3.63) is 53.7 Å². The van der Waals surface area contributed by atoms with Gasteiger partial charge in [0.15, 0.2) is 15.5 Å². The predicted molar refractivity (Wildman–Crippen MR) is 167 cm³/mol. The zero-order valence-electron chi connectivity index (χ0n) is 25.1. The number of benzene rings is 2. The molecule has 2 heterocycles. The molecule has 41 heavy (non-hydrogen) atoms. The van der Waals surface area contributed by atoms with Crippen LogP contribution in [0.3, 0.4) is 0 Å². The number of aromatic amines is 1. The minimum Gasteiger partial charge on any atom is -0.489 e. The summed E-state index contributed by atoms with van der Waals surface area (Å²) in [6.45, 7) is 14.0. The summed E-state index contributed by atoms with van der Waals surface area (Å²) >= 11 is 0. The molecule has 0 fully saturated rings. The number of para-hydroxylation sites is 1. The number of nitrogens with one attached hydrogen (secondary N) is 3. The lowest BCUT2D eigenvalue weighted by molar-refractivity contribution is 0.243. The topological polar surface area (TPSA) is 122 Å². The van der Waals surface area contributed by atoms with Crippen molar-refractivity contribution in [3.63, 3.8) is 0 Å². The molecule has 2 aromatic carbocycles. The van der Waals surface area contributed by atoms with Gasteiger partial charge in [-0.2, -0.15) is 15.1 Å². The highest BCUT2D eigenvalue weighted by Gasteiger charge is 2.24. The Morgan fingerprint density at radius 3 is 2.32 bits per heavy atom. The lowest BCUT2D eigenvalue weighted by Crippen LogP contribution is -2.15. The fraction of sp³-hybridized carbons (Fsp3) is 0.452. The van der Waals surface area contributed by atoms with Gasteiger partial charge in [0, 0.05) is 0 Å². The van der Waals surface area contributed by atoms with Crippen molar-refractivity contribution in [3.8, 4) is 5.75 Å². The molecular weight excluding hydrogens is 536 g/mol. The number of anilines is 4. The smallest absolute Gasteiger partial charge is 0.231 e. The van der Waals surface area contributed by atoms with Gasteiger partial charge in [-0.05, 0) is 88.8 Å². The van der Waals surface area contributed by atoms with Crippen LogP contribution in [0.2, 0.25) is 0 Å². The molecule has 9 nitrogen and oxygen atoms in total. The molecule has 0 aliphatic heterocycles. The molecule has 4 rings (SSSR count). The maximum atomic E-state index is 13.1. The largest absolute Gasteiger partial charge is 0.489 e. The van der Waals surface area contributed by atoms with Gasteiger partial charge in [-0.1, -0.05) is 38.8 Å². The van der Waals surface area contributed by atoms with Crippen LogP contribution in [-0.2, 0) is 9.84 Å². The van der Waals surface area contributed by atoms with Gasteiger partial charge >= 0.3 is 0 Å². The maximum Gasteiger partial charge on any atom is 0.231 e. The zero-order valence-corrected chi connectivity index (χ0v) is 25.9. The Morgan fingerprint density at radius 2 is 1.66 bits per heavy atom. The van der Waals surface area contributed by atoms with E-state index in [9.17, 15) is 8.42 Å². The monoisotopic (exact) mass is 578 g/mol. The highest BCUT2D eigenvalue weighted by Crippen LogP contribution is 2.38. The van der Waals surface area contributed by atoms with Crippen molar-refractivity contribution in [1.82, 2.24) is 20.2 Å². The van der Waals surface area contributed by atoms with Gasteiger partial charge in [0.2, 0.25) is 5.95 Å².